The lowest BCUT2D eigenvalue weighted by Crippen LogP contribution is -2.25. The number of ether oxygens (including phenoxy) is 2. The molecule has 1 unspecified atom stereocenters. The Kier molecular flexibility index (Phi) is 4.89. The van der Waals surface area contributed by atoms with Crippen LogP contribution in [0.15, 0.2) is 48.8 Å². The van der Waals surface area contributed by atoms with Gasteiger partial charge in [0.15, 0.2) is 11.5 Å². The summed E-state index contributed by atoms with van der Waals surface area (Å²) in [7, 11) is 2.99. The van der Waals surface area contributed by atoms with E-state index in [1.54, 1.807) is 18.2 Å². The quantitative estimate of drug-likeness (QED) is 0.684. The second-order valence-electron chi connectivity index (χ2n) is 6.75. The standard InChI is InChI=1S/C21H18F3N3O3/c1-29-16-9-5-6-12(19(16)30-2)13-10-17(28)26-20-18(13)25-11-27(20)15-8-4-3-7-14(15)21(22,23)24/h3-9,11,13H,10H2,1-2H3,(H,26,28). The van der Waals surface area contributed by atoms with Crippen LogP contribution >= 0.6 is 0 Å². The Hall–Kier alpha value is -3.49. The summed E-state index contributed by atoms with van der Waals surface area (Å²) < 4.78 is 52.6. The van der Waals surface area contributed by atoms with Crippen molar-refractivity contribution in [3.8, 4) is 17.2 Å². The molecule has 156 valence electrons. The molecular formula is C21H18F3N3O3. The van der Waals surface area contributed by atoms with Gasteiger partial charge in [0.1, 0.15) is 12.1 Å². The van der Waals surface area contributed by atoms with Gasteiger partial charge in [-0.2, -0.15) is 13.2 Å². The topological polar surface area (TPSA) is 65.4 Å². The molecule has 1 N–H and O–H groups in total. The lowest BCUT2D eigenvalue weighted by atomic mass is 9.89. The predicted molar refractivity (Wildman–Crippen MR) is 103 cm³/mol. The maximum absolute atomic E-state index is 13.5. The summed E-state index contributed by atoms with van der Waals surface area (Å²) in [5.74, 6) is 0.319. The van der Waals surface area contributed by atoms with Crippen molar-refractivity contribution in [2.24, 2.45) is 0 Å². The first-order chi connectivity index (χ1) is 14.3. The zero-order valence-corrected chi connectivity index (χ0v) is 16.2. The molecule has 6 nitrogen and oxygen atoms in total. The summed E-state index contributed by atoms with van der Waals surface area (Å²) in [5.41, 5.74) is 0.193. The molecule has 3 aromatic rings. The van der Waals surface area contributed by atoms with Crippen LogP contribution in [0.4, 0.5) is 19.0 Å². The number of hydrogen-bond acceptors (Lipinski definition) is 4. The maximum Gasteiger partial charge on any atom is 0.418 e. The van der Waals surface area contributed by atoms with Crippen molar-refractivity contribution < 1.29 is 27.4 Å². The second-order valence-corrected chi connectivity index (χ2v) is 6.75. The fourth-order valence-corrected chi connectivity index (χ4v) is 3.76. The third-order valence-corrected chi connectivity index (χ3v) is 5.05. The van der Waals surface area contributed by atoms with E-state index in [0.717, 1.165) is 6.07 Å². The van der Waals surface area contributed by atoms with E-state index in [2.05, 4.69) is 10.3 Å². The Bertz CT molecular complexity index is 1110. The number of alkyl halides is 3. The van der Waals surface area contributed by atoms with Gasteiger partial charge >= 0.3 is 6.18 Å². The number of nitrogens with zero attached hydrogens (tertiary/aromatic N) is 2. The molecule has 0 saturated carbocycles. The van der Waals surface area contributed by atoms with Crippen molar-refractivity contribution in [1.82, 2.24) is 9.55 Å². The Morgan fingerprint density at radius 2 is 1.87 bits per heavy atom. The summed E-state index contributed by atoms with van der Waals surface area (Å²) in [6, 6.07) is 10.4. The van der Waals surface area contributed by atoms with Crippen LogP contribution in [-0.4, -0.2) is 29.7 Å². The fraction of sp³-hybridized carbons (Fsp3) is 0.238. The van der Waals surface area contributed by atoms with Crippen LogP contribution in [0.2, 0.25) is 0 Å². The Morgan fingerprint density at radius 3 is 2.57 bits per heavy atom. The van der Waals surface area contributed by atoms with Gasteiger partial charge in [0, 0.05) is 17.9 Å². The summed E-state index contributed by atoms with van der Waals surface area (Å²) >= 11 is 0. The molecule has 0 fully saturated rings. The van der Waals surface area contributed by atoms with E-state index in [4.69, 9.17) is 9.47 Å². The monoisotopic (exact) mass is 417 g/mol. The molecule has 30 heavy (non-hydrogen) atoms. The first-order valence-corrected chi connectivity index (χ1v) is 9.09. The number of carbonyl (C=O) groups excluding carboxylic acids is 1. The minimum absolute atomic E-state index is 0.0778. The molecule has 0 radical (unpaired) electrons. The number of anilines is 1. The first-order valence-electron chi connectivity index (χ1n) is 9.09. The van der Waals surface area contributed by atoms with Crippen molar-refractivity contribution >= 4 is 11.7 Å². The van der Waals surface area contributed by atoms with Gasteiger partial charge in [-0.1, -0.05) is 24.3 Å². The van der Waals surface area contributed by atoms with Crippen LogP contribution in [0.5, 0.6) is 11.5 Å². The number of methoxy groups -OCH3 is 2. The Labute approximate surface area is 170 Å². The van der Waals surface area contributed by atoms with Crippen molar-refractivity contribution in [3.05, 3.63) is 65.6 Å². The highest BCUT2D eigenvalue weighted by Crippen LogP contribution is 2.44. The number of aromatic nitrogens is 2. The van der Waals surface area contributed by atoms with E-state index >= 15 is 0 Å². The van der Waals surface area contributed by atoms with Crippen LogP contribution in [0.1, 0.15) is 29.2 Å². The van der Waals surface area contributed by atoms with Crippen LogP contribution < -0.4 is 14.8 Å². The average Bonchev–Trinajstić information content (AvgIpc) is 3.15. The number of hydrogen-bond donors (Lipinski definition) is 1. The molecule has 1 aliphatic rings. The van der Waals surface area contributed by atoms with Gasteiger partial charge in [0.25, 0.3) is 0 Å². The van der Waals surface area contributed by atoms with Gasteiger partial charge in [-0.05, 0) is 18.2 Å². The highest BCUT2D eigenvalue weighted by atomic mass is 19.4. The molecule has 1 aromatic heterocycles. The van der Waals surface area contributed by atoms with E-state index in [1.807, 2.05) is 0 Å². The van der Waals surface area contributed by atoms with E-state index in [0.29, 0.717) is 22.8 Å². The normalized spacial score (nSPS) is 16.0. The summed E-state index contributed by atoms with van der Waals surface area (Å²) in [4.78, 5) is 16.8. The van der Waals surface area contributed by atoms with Crippen molar-refractivity contribution in [2.75, 3.05) is 19.5 Å². The molecule has 0 aliphatic carbocycles. The van der Waals surface area contributed by atoms with Gasteiger partial charge in [-0.3, -0.25) is 9.36 Å². The van der Waals surface area contributed by atoms with Crippen LogP contribution in [0.3, 0.4) is 0 Å². The molecule has 2 aromatic carbocycles. The van der Waals surface area contributed by atoms with Gasteiger partial charge < -0.3 is 14.8 Å². The number of para-hydroxylation sites is 2. The predicted octanol–water partition coefficient (Wildman–Crippen LogP) is 4.38. The van der Waals surface area contributed by atoms with Crippen molar-refractivity contribution in [1.29, 1.82) is 0 Å². The fourth-order valence-electron chi connectivity index (χ4n) is 3.76. The number of nitrogens with one attached hydrogen (secondary N) is 1. The number of carbonyl (C=O) groups is 1. The molecule has 0 spiro atoms. The molecule has 0 saturated heterocycles. The molecule has 2 heterocycles. The van der Waals surface area contributed by atoms with E-state index in [-0.39, 0.29) is 23.8 Å². The minimum atomic E-state index is -4.55. The van der Waals surface area contributed by atoms with E-state index in [9.17, 15) is 18.0 Å². The number of rotatable bonds is 4. The van der Waals surface area contributed by atoms with E-state index in [1.165, 1.54) is 43.3 Å². The smallest absolute Gasteiger partial charge is 0.418 e. The molecular weight excluding hydrogens is 399 g/mol. The van der Waals surface area contributed by atoms with E-state index < -0.39 is 17.7 Å². The lowest BCUT2D eigenvalue weighted by molar-refractivity contribution is -0.137. The Balaban J connectivity index is 1.88. The zero-order valence-electron chi connectivity index (χ0n) is 16.2. The third-order valence-electron chi connectivity index (χ3n) is 5.05. The lowest BCUT2D eigenvalue weighted by Gasteiger charge is -2.25. The van der Waals surface area contributed by atoms with Crippen LogP contribution in [-0.2, 0) is 11.0 Å². The highest BCUT2D eigenvalue weighted by Gasteiger charge is 2.37. The Morgan fingerprint density at radius 1 is 1.10 bits per heavy atom. The average molecular weight is 417 g/mol. The molecule has 0 bridgehead atoms. The number of imidazole rings is 1. The highest BCUT2D eigenvalue weighted by molar-refractivity contribution is 5.94. The zero-order chi connectivity index (χ0) is 21.5. The number of halogens is 3. The number of amides is 1. The largest absolute Gasteiger partial charge is 0.493 e. The molecule has 4 rings (SSSR count). The number of fused-ring (bicyclic) bond motifs is 1. The summed E-state index contributed by atoms with van der Waals surface area (Å²) in [6.45, 7) is 0. The van der Waals surface area contributed by atoms with Crippen molar-refractivity contribution in [2.45, 2.75) is 18.5 Å². The van der Waals surface area contributed by atoms with Crippen LogP contribution in [0.25, 0.3) is 5.69 Å². The van der Waals surface area contributed by atoms with Gasteiger partial charge in [-0.15, -0.1) is 0 Å². The first kappa shape index (κ1) is 19.8. The molecule has 1 atom stereocenters. The number of benzene rings is 2. The molecule has 9 heteroatoms. The van der Waals surface area contributed by atoms with Gasteiger partial charge in [0.2, 0.25) is 5.91 Å². The second kappa shape index (κ2) is 7.40. The molecule has 1 amide bonds. The van der Waals surface area contributed by atoms with Gasteiger partial charge in [-0.25, -0.2) is 4.98 Å². The minimum Gasteiger partial charge on any atom is -0.493 e. The maximum atomic E-state index is 13.5. The SMILES string of the molecule is COc1cccc(C2CC(=O)Nc3c2ncn3-c2ccccc2C(F)(F)F)c1OC. The van der Waals surface area contributed by atoms with Crippen LogP contribution in [0, 0.1) is 0 Å². The van der Waals surface area contributed by atoms with Gasteiger partial charge in [0.05, 0.1) is 31.2 Å². The summed E-state index contributed by atoms with van der Waals surface area (Å²) in [5, 5.41) is 2.67. The summed E-state index contributed by atoms with van der Waals surface area (Å²) in [6.07, 6.45) is -3.18. The van der Waals surface area contributed by atoms with Crippen molar-refractivity contribution in [3.63, 3.8) is 0 Å². The third kappa shape index (κ3) is 3.26. The molecule has 1 aliphatic heterocycles.